The fraction of sp³-hybridized carbons (Fsp3) is 0.412. The zero-order chi connectivity index (χ0) is 15.3. The molecular formula is C17H18N2O3. The van der Waals surface area contributed by atoms with Gasteiger partial charge in [0.2, 0.25) is 0 Å². The minimum Gasteiger partial charge on any atom is -0.481 e. The van der Waals surface area contributed by atoms with Gasteiger partial charge in [0.25, 0.3) is 5.91 Å². The molecule has 0 spiro atoms. The standard InChI is InChI=1S/C17H18N2O3/c20-16(12-4-3-11-5-6-18-15(11)7-12)19-8-13(10-1-2-10)14(9-19)17(21)22/h3-7,10,13-14,18H,1-2,8-9H2,(H,21,22)/t13-,14+/m1/s1. The van der Waals surface area contributed by atoms with E-state index in [-0.39, 0.29) is 11.8 Å². The fourth-order valence-corrected chi connectivity index (χ4v) is 3.62. The summed E-state index contributed by atoms with van der Waals surface area (Å²) < 4.78 is 0. The number of carboxylic acids is 1. The molecule has 0 unspecified atom stereocenters. The van der Waals surface area contributed by atoms with Gasteiger partial charge in [-0.3, -0.25) is 9.59 Å². The highest BCUT2D eigenvalue weighted by Crippen LogP contribution is 2.44. The molecule has 2 N–H and O–H groups in total. The Morgan fingerprint density at radius 1 is 1.18 bits per heavy atom. The Labute approximate surface area is 127 Å². The molecule has 1 aromatic heterocycles. The number of benzene rings is 1. The summed E-state index contributed by atoms with van der Waals surface area (Å²) in [6, 6.07) is 7.54. The first-order valence-electron chi connectivity index (χ1n) is 7.72. The number of carboxylic acid groups (broad SMARTS) is 1. The van der Waals surface area contributed by atoms with Crippen molar-refractivity contribution in [3.8, 4) is 0 Å². The van der Waals surface area contributed by atoms with Crippen molar-refractivity contribution in [2.45, 2.75) is 12.8 Å². The van der Waals surface area contributed by atoms with Gasteiger partial charge in [-0.1, -0.05) is 6.07 Å². The number of aliphatic carboxylic acids is 1. The fourth-order valence-electron chi connectivity index (χ4n) is 3.62. The number of fused-ring (bicyclic) bond motifs is 1. The van der Waals surface area contributed by atoms with Crippen LogP contribution in [0.4, 0.5) is 0 Å². The molecule has 1 amide bonds. The van der Waals surface area contributed by atoms with Crippen LogP contribution >= 0.6 is 0 Å². The summed E-state index contributed by atoms with van der Waals surface area (Å²) in [5, 5.41) is 10.5. The second-order valence-electron chi connectivity index (χ2n) is 6.44. The van der Waals surface area contributed by atoms with Gasteiger partial charge in [-0.25, -0.2) is 0 Å². The lowest BCUT2D eigenvalue weighted by Gasteiger charge is -2.16. The Bertz CT molecular complexity index is 747. The van der Waals surface area contributed by atoms with Crippen molar-refractivity contribution in [3.05, 3.63) is 36.0 Å². The van der Waals surface area contributed by atoms with E-state index in [9.17, 15) is 14.7 Å². The normalized spacial score (nSPS) is 24.8. The van der Waals surface area contributed by atoms with E-state index in [4.69, 9.17) is 0 Å². The molecule has 2 atom stereocenters. The maximum Gasteiger partial charge on any atom is 0.308 e. The highest BCUT2D eigenvalue weighted by Gasteiger charge is 2.46. The number of hydrogen-bond acceptors (Lipinski definition) is 2. The van der Waals surface area contributed by atoms with E-state index in [1.54, 1.807) is 4.90 Å². The summed E-state index contributed by atoms with van der Waals surface area (Å²) in [4.78, 5) is 29.0. The second kappa shape index (κ2) is 4.87. The molecule has 2 aromatic rings. The first kappa shape index (κ1) is 13.4. The summed E-state index contributed by atoms with van der Waals surface area (Å²) in [5.41, 5.74) is 1.55. The second-order valence-corrected chi connectivity index (χ2v) is 6.44. The zero-order valence-electron chi connectivity index (χ0n) is 12.2. The topological polar surface area (TPSA) is 73.4 Å². The summed E-state index contributed by atoms with van der Waals surface area (Å²) >= 11 is 0. The minimum absolute atomic E-state index is 0.0640. The Balaban J connectivity index is 1.58. The Morgan fingerprint density at radius 2 is 2.00 bits per heavy atom. The molecule has 114 valence electrons. The van der Waals surface area contributed by atoms with Crippen LogP contribution in [0, 0.1) is 17.8 Å². The molecule has 1 aromatic carbocycles. The van der Waals surface area contributed by atoms with Crippen LogP contribution in [-0.2, 0) is 4.79 Å². The van der Waals surface area contributed by atoms with Crippen molar-refractivity contribution in [3.63, 3.8) is 0 Å². The van der Waals surface area contributed by atoms with Crippen molar-refractivity contribution in [1.82, 2.24) is 9.88 Å². The maximum absolute atomic E-state index is 12.7. The lowest BCUT2D eigenvalue weighted by molar-refractivity contribution is -0.142. The number of amides is 1. The summed E-state index contributed by atoms with van der Waals surface area (Å²) in [6.07, 6.45) is 4.05. The third-order valence-corrected chi connectivity index (χ3v) is 5.00. The van der Waals surface area contributed by atoms with E-state index in [2.05, 4.69) is 4.98 Å². The van der Waals surface area contributed by atoms with E-state index in [0.29, 0.717) is 24.6 Å². The number of aromatic amines is 1. The first-order valence-corrected chi connectivity index (χ1v) is 7.72. The molecule has 5 nitrogen and oxygen atoms in total. The van der Waals surface area contributed by atoms with E-state index >= 15 is 0 Å². The molecule has 22 heavy (non-hydrogen) atoms. The SMILES string of the molecule is O=C(O)[C@H]1CN(C(=O)c2ccc3cc[nH]c3c2)C[C@@H]1C1CC1. The van der Waals surface area contributed by atoms with Crippen LogP contribution in [-0.4, -0.2) is 40.0 Å². The Kier molecular flexibility index (Phi) is 2.96. The van der Waals surface area contributed by atoms with Gasteiger partial charge >= 0.3 is 5.97 Å². The lowest BCUT2D eigenvalue weighted by Crippen LogP contribution is -2.29. The van der Waals surface area contributed by atoms with Gasteiger partial charge in [0, 0.05) is 30.4 Å². The van der Waals surface area contributed by atoms with Gasteiger partial charge in [-0.05, 0) is 48.3 Å². The predicted molar refractivity (Wildman–Crippen MR) is 81.5 cm³/mol. The smallest absolute Gasteiger partial charge is 0.308 e. The van der Waals surface area contributed by atoms with E-state index < -0.39 is 11.9 Å². The van der Waals surface area contributed by atoms with Crippen molar-refractivity contribution in [1.29, 1.82) is 0 Å². The van der Waals surface area contributed by atoms with Gasteiger partial charge in [-0.15, -0.1) is 0 Å². The van der Waals surface area contributed by atoms with Crippen molar-refractivity contribution in [2.24, 2.45) is 17.8 Å². The van der Waals surface area contributed by atoms with Gasteiger partial charge in [0.1, 0.15) is 0 Å². The van der Waals surface area contributed by atoms with E-state index in [1.807, 2.05) is 30.5 Å². The van der Waals surface area contributed by atoms with Crippen molar-refractivity contribution in [2.75, 3.05) is 13.1 Å². The molecule has 5 heteroatoms. The number of carbonyl (C=O) groups is 2. The van der Waals surface area contributed by atoms with Gasteiger partial charge < -0.3 is 15.0 Å². The van der Waals surface area contributed by atoms with Gasteiger partial charge in [-0.2, -0.15) is 0 Å². The molecule has 2 aliphatic rings. The van der Waals surface area contributed by atoms with E-state index in [0.717, 1.165) is 23.7 Å². The summed E-state index contributed by atoms with van der Waals surface area (Å²) in [7, 11) is 0. The minimum atomic E-state index is -0.771. The van der Waals surface area contributed by atoms with Crippen LogP contribution in [0.15, 0.2) is 30.5 Å². The number of nitrogens with zero attached hydrogens (tertiary/aromatic N) is 1. The molecule has 0 radical (unpaired) electrons. The van der Waals surface area contributed by atoms with Crippen LogP contribution in [0.1, 0.15) is 23.2 Å². The number of likely N-dealkylation sites (tertiary alicyclic amines) is 1. The number of rotatable bonds is 3. The molecular weight excluding hydrogens is 280 g/mol. The van der Waals surface area contributed by atoms with Crippen LogP contribution in [0.2, 0.25) is 0 Å². The monoisotopic (exact) mass is 298 g/mol. The number of hydrogen-bond donors (Lipinski definition) is 2. The molecule has 2 heterocycles. The average Bonchev–Trinajstić information content (AvgIpc) is 3.09. The van der Waals surface area contributed by atoms with Crippen LogP contribution in [0.5, 0.6) is 0 Å². The van der Waals surface area contributed by atoms with Crippen molar-refractivity contribution < 1.29 is 14.7 Å². The average molecular weight is 298 g/mol. The number of H-pyrrole nitrogens is 1. The predicted octanol–water partition coefficient (Wildman–Crippen LogP) is 2.35. The molecule has 1 saturated carbocycles. The lowest BCUT2D eigenvalue weighted by atomic mass is 9.92. The van der Waals surface area contributed by atoms with Gasteiger partial charge in [0.15, 0.2) is 0 Å². The quantitative estimate of drug-likeness (QED) is 0.913. The van der Waals surface area contributed by atoms with Crippen LogP contribution in [0.25, 0.3) is 10.9 Å². The van der Waals surface area contributed by atoms with E-state index in [1.165, 1.54) is 0 Å². The van der Waals surface area contributed by atoms with Crippen LogP contribution in [0.3, 0.4) is 0 Å². The highest BCUT2D eigenvalue weighted by molar-refractivity contribution is 5.98. The zero-order valence-corrected chi connectivity index (χ0v) is 12.2. The highest BCUT2D eigenvalue weighted by atomic mass is 16.4. The number of nitrogens with one attached hydrogen (secondary N) is 1. The van der Waals surface area contributed by atoms with Gasteiger partial charge in [0.05, 0.1) is 5.92 Å². The molecule has 1 aliphatic heterocycles. The maximum atomic E-state index is 12.7. The van der Waals surface area contributed by atoms with Crippen molar-refractivity contribution >= 4 is 22.8 Å². The molecule has 0 bridgehead atoms. The largest absolute Gasteiger partial charge is 0.481 e. The summed E-state index contributed by atoms with van der Waals surface area (Å²) in [6.45, 7) is 0.904. The molecule has 4 rings (SSSR count). The summed E-state index contributed by atoms with van der Waals surface area (Å²) in [5.74, 6) is -0.635. The molecule has 1 aliphatic carbocycles. The Morgan fingerprint density at radius 3 is 2.73 bits per heavy atom. The number of carbonyl (C=O) groups excluding carboxylic acids is 1. The molecule has 2 fully saturated rings. The molecule has 1 saturated heterocycles. The first-order chi connectivity index (χ1) is 10.6. The third-order valence-electron chi connectivity index (χ3n) is 5.00. The number of aromatic nitrogens is 1. The van der Waals surface area contributed by atoms with Crippen LogP contribution < -0.4 is 0 Å². The third kappa shape index (κ3) is 2.17. The Hall–Kier alpha value is -2.30.